The van der Waals surface area contributed by atoms with Crippen molar-refractivity contribution in [1.82, 2.24) is 0 Å². The van der Waals surface area contributed by atoms with E-state index in [1.165, 1.54) is 5.57 Å². The molecule has 0 unspecified atom stereocenters. The van der Waals surface area contributed by atoms with Crippen molar-refractivity contribution in [2.75, 3.05) is 0 Å². The van der Waals surface area contributed by atoms with Gasteiger partial charge in [0.2, 0.25) is 0 Å². The van der Waals surface area contributed by atoms with Crippen LogP contribution in [0.3, 0.4) is 0 Å². The number of hydrogen-bond acceptors (Lipinski definition) is 2. The minimum Gasteiger partial charge on any atom is -0.340 e. The van der Waals surface area contributed by atoms with Gasteiger partial charge in [0.1, 0.15) is 12.2 Å². The lowest BCUT2D eigenvalue weighted by Gasteiger charge is -2.19. The third kappa shape index (κ3) is 2.32. The fourth-order valence-electron chi connectivity index (χ4n) is 2.12. The summed E-state index contributed by atoms with van der Waals surface area (Å²) in [6, 6.07) is 0. The molecule has 1 saturated heterocycles. The zero-order valence-electron chi connectivity index (χ0n) is 10.2. The molecule has 1 fully saturated rings. The van der Waals surface area contributed by atoms with E-state index in [0.29, 0.717) is 0 Å². The van der Waals surface area contributed by atoms with Crippen molar-refractivity contribution in [1.29, 1.82) is 0 Å². The summed E-state index contributed by atoms with van der Waals surface area (Å²) in [5.74, 6) is -0.447. The molecule has 0 radical (unpaired) electrons. The second kappa shape index (κ2) is 3.19. The van der Waals surface area contributed by atoms with Gasteiger partial charge in [0.05, 0.1) is 0 Å². The van der Waals surface area contributed by atoms with Gasteiger partial charge in [-0.05, 0) is 24.8 Å². The van der Waals surface area contributed by atoms with Crippen LogP contribution >= 0.6 is 0 Å². The zero-order chi connectivity index (χ0) is 11.3. The van der Waals surface area contributed by atoms with Gasteiger partial charge in [0.25, 0.3) is 0 Å². The number of fused-ring (bicyclic) bond motifs is 1. The number of allylic oxidation sites excluding steroid dienone is 1. The molecule has 84 valence electrons. The minimum atomic E-state index is -0.447. The van der Waals surface area contributed by atoms with Gasteiger partial charge >= 0.3 is 0 Å². The SMILES string of the molecule is CC(C)(C)/C=C1/C=C[C@@H]2OC(C)(C)O[C@H]12. The van der Waals surface area contributed by atoms with E-state index in [-0.39, 0.29) is 17.6 Å². The molecule has 2 nitrogen and oxygen atoms in total. The van der Waals surface area contributed by atoms with Gasteiger partial charge in [0.15, 0.2) is 5.79 Å². The van der Waals surface area contributed by atoms with E-state index in [0.717, 1.165) is 0 Å². The van der Waals surface area contributed by atoms with Gasteiger partial charge in [-0.2, -0.15) is 0 Å². The molecule has 0 spiro atoms. The van der Waals surface area contributed by atoms with E-state index >= 15 is 0 Å². The van der Waals surface area contributed by atoms with E-state index in [9.17, 15) is 0 Å². The Labute approximate surface area is 92.0 Å². The maximum absolute atomic E-state index is 5.88. The molecule has 2 rings (SSSR count). The predicted molar refractivity (Wildman–Crippen MR) is 60.5 cm³/mol. The highest BCUT2D eigenvalue weighted by atomic mass is 16.8. The van der Waals surface area contributed by atoms with Crippen LogP contribution in [-0.2, 0) is 9.47 Å². The van der Waals surface area contributed by atoms with Crippen LogP contribution in [0.25, 0.3) is 0 Å². The topological polar surface area (TPSA) is 18.5 Å². The van der Waals surface area contributed by atoms with Crippen molar-refractivity contribution < 1.29 is 9.47 Å². The standard InChI is InChI=1S/C13H20O2/c1-12(2,3)8-9-6-7-10-11(9)15-13(4,5)14-10/h6-8,10-11H,1-5H3/b9-8-/t10-,11+/m0/s1. The van der Waals surface area contributed by atoms with Gasteiger partial charge in [-0.3, -0.25) is 0 Å². The Morgan fingerprint density at radius 2 is 1.93 bits per heavy atom. The summed E-state index contributed by atoms with van der Waals surface area (Å²) in [6.45, 7) is 10.5. The summed E-state index contributed by atoms with van der Waals surface area (Å²) in [4.78, 5) is 0. The molecular formula is C13H20O2. The van der Waals surface area contributed by atoms with Crippen LogP contribution in [0.15, 0.2) is 23.8 Å². The molecule has 0 saturated carbocycles. The summed E-state index contributed by atoms with van der Waals surface area (Å²) in [5.41, 5.74) is 1.43. The number of hydrogen-bond donors (Lipinski definition) is 0. The molecule has 0 aromatic carbocycles. The van der Waals surface area contributed by atoms with Crippen LogP contribution in [-0.4, -0.2) is 18.0 Å². The molecule has 1 aliphatic heterocycles. The number of ether oxygens (including phenoxy) is 2. The summed E-state index contributed by atoms with van der Waals surface area (Å²) >= 11 is 0. The second-order valence-electron chi connectivity index (χ2n) is 5.89. The molecule has 0 N–H and O–H groups in total. The Balaban J connectivity index is 2.20. The van der Waals surface area contributed by atoms with E-state index in [2.05, 4.69) is 39.0 Å². The van der Waals surface area contributed by atoms with Gasteiger partial charge in [-0.25, -0.2) is 0 Å². The van der Waals surface area contributed by atoms with Crippen LogP contribution in [0, 0.1) is 5.41 Å². The minimum absolute atomic E-state index is 0.0965. The summed E-state index contributed by atoms with van der Waals surface area (Å²) in [6.07, 6.45) is 6.68. The zero-order valence-corrected chi connectivity index (χ0v) is 10.2. The highest BCUT2D eigenvalue weighted by Gasteiger charge is 2.43. The largest absolute Gasteiger partial charge is 0.340 e. The molecule has 0 bridgehead atoms. The molecule has 1 heterocycles. The molecule has 0 aromatic heterocycles. The first kappa shape index (κ1) is 10.9. The number of rotatable bonds is 0. The van der Waals surface area contributed by atoms with Crippen LogP contribution in [0.1, 0.15) is 34.6 Å². The van der Waals surface area contributed by atoms with Crippen molar-refractivity contribution >= 4 is 0 Å². The van der Waals surface area contributed by atoms with E-state index in [1.807, 2.05) is 13.8 Å². The summed E-state index contributed by atoms with van der Waals surface area (Å²) in [5, 5.41) is 0. The van der Waals surface area contributed by atoms with Crippen molar-refractivity contribution in [3.63, 3.8) is 0 Å². The van der Waals surface area contributed by atoms with Gasteiger partial charge < -0.3 is 9.47 Å². The van der Waals surface area contributed by atoms with Crippen molar-refractivity contribution in [2.24, 2.45) is 5.41 Å². The van der Waals surface area contributed by atoms with E-state index in [1.54, 1.807) is 0 Å². The third-order valence-electron chi connectivity index (χ3n) is 2.54. The first-order valence-corrected chi connectivity index (χ1v) is 5.53. The Kier molecular flexibility index (Phi) is 2.32. The summed E-state index contributed by atoms with van der Waals surface area (Å²) in [7, 11) is 0. The van der Waals surface area contributed by atoms with Crippen molar-refractivity contribution in [3.05, 3.63) is 23.8 Å². The van der Waals surface area contributed by atoms with Gasteiger partial charge in [0, 0.05) is 0 Å². The highest BCUT2D eigenvalue weighted by molar-refractivity contribution is 5.35. The quantitative estimate of drug-likeness (QED) is 0.609. The molecular weight excluding hydrogens is 188 g/mol. The molecule has 2 atom stereocenters. The fraction of sp³-hybridized carbons (Fsp3) is 0.692. The molecule has 2 heteroatoms. The first-order valence-electron chi connectivity index (χ1n) is 5.53. The lowest BCUT2D eigenvalue weighted by molar-refractivity contribution is -0.140. The van der Waals surface area contributed by atoms with Gasteiger partial charge in [-0.1, -0.05) is 39.0 Å². The van der Waals surface area contributed by atoms with Crippen molar-refractivity contribution in [2.45, 2.75) is 52.6 Å². The first-order chi connectivity index (χ1) is 6.77. The second-order valence-corrected chi connectivity index (χ2v) is 5.89. The highest BCUT2D eigenvalue weighted by Crippen LogP contribution is 2.38. The molecule has 1 aliphatic carbocycles. The normalized spacial score (nSPS) is 36.2. The Bertz CT molecular complexity index is 318. The Hall–Kier alpha value is -0.600. The molecule has 0 amide bonds. The lowest BCUT2D eigenvalue weighted by Crippen LogP contribution is -2.22. The third-order valence-corrected chi connectivity index (χ3v) is 2.54. The molecule has 2 aliphatic rings. The smallest absolute Gasteiger partial charge is 0.164 e. The maximum atomic E-state index is 5.88. The van der Waals surface area contributed by atoms with Crippen LogP contribution in [0.5, 0.6) is 0 Å². The average Bonchev–Trinajstić information content (AvgIpc) is 2.45. The van der Waals surface area contributed by atoms with Crippen LogP contribution in [0.2, 0.25) is 0 Å². The fourth-order valence-corrected chi connectivity index (χ4v) is 2.12. The summed E-state index contributed by atoms with van der Waals surface area (Å²) < 4.78 is 11.6. The lowest BCUT2D eigenvalue weighted by atomic mass is 9.92. The van der Waals surface area contributed by atoms with Gasteiger partial charge in [-0.15, -0.1) is 0 Å². The maximum Gasteiger partial charge on any atom is 0.164 e. The average molecular weight is 208 g/mol. The monoisotopic (exact) mass is 208 g/mol. The predicted octanol–water partition coefficient (Wildman–Crippen LogP) is 3.05. The Morgan fingerprint density at radius 3 is 2.53 bits per heavy atom. The van der Waals surface area contributed by atoms with Crippen LogP contribution in [0.4, 0.5) is 0 Å². The molecule has 15 heavy (non-hydrogen) atoms. The van der Waals surface area contributed by atoms with Crippen LogP contribution < -0.4 is 0 Å². The molecule has 0 aromatic rings. The van der Waals surface area contributed by atoms with Crippen molar-refractivity contribution in [3.8, 4) is 0 Å². The van der Waals surface area contributed by atoms with E-state index < -0.39 is 5.79 Å². The van der Waals surface area contributed by atoms with E-state index in [4.69, 9.17) is 9.47 Å². The Morgan fingerprint density at radius 1 is 1.27 bits per heavy atom.